The summed E-state index contributed by atoms with van der Waals surface area (Å²) in [6.07, 6.45) is 5.92. The van der Waals surface area contributed by atoms with Crippen molar-refractivity contribution in [1.29, 1.82) is 0 Å². The van der Waals surface area contributed by atoms with E-state index in [9.17, 15) is 5.11 Å². The van der Waals surface area contributed by atoms with Gasteiger partial charge in [0.2, 0.25) is 0 Å². The minimum Gasteiger partial charge on any atom is -0.496 e. The summed E-state index contributed by atoms with van der Waals surface area (Å²) in [4.78, 5) is 8.00. The number of H-pyrrole nitrogens is 1. The molecule has 0 aliphatic rings. The topological polar surface area (TPSA) is 67.0 Å². The monoisotopic (exact) mass is 335 g/mol. The number of pyridine rings is 1. The molecule has 0 saturated carbocycles. The third-order valence-electron chi connectivity index (χ3n) is 4.28. The van der Waals surface area contributed by atoms with Crippen molar-refractivity contribution in [2.24, 2.45) is 0 Å². The minimum atomic E-state index is -0.109. The average molecular weight is 335 g/mol. The van der Waals surface area contributed by atoms with E-state index in [1.165, 1.54) is 0 Å². The SMILES string of the molecule is COc1cc(CO)[n+](-c2nc3ccc(-n4cccc4)cc3[nH]2)cc1C. The lowest BCUT2D eigenvalue weighted by Gasteiger charge is -2.08. The molecule has 6 nitrogen and oxygen atoms in total. The van der Waals surface area contributed by atoms with E-state index < -0.39 is 0 Å². The molecule has 0 spiro atoms. The molecular weight excluding hydrogens is 316 g/mol. The zero-order valence-electron chi connectivity index (χ0n) is 14.1. The van der Waals surface area contributed by atoms with Gasteiger partial charge in [0.05, 0.1) is 19.9 Å². The van der Waals surface area contributed by atoms with Crippen LogP contribution in [0.15, 0.2) is 55.0 Å². The number of methoxy groups -OCH3 is 1. The molecule has 4 aromatic rings. The van der Waals surface area contributed by atoms with Crippen LogP contribution >= 0.6 is 0 Å². The van der Waals surface area contributed by atoms with Gasteiger partial charge in [0.25, 0.3) is 0 Å². The van der Waals surface area contributed by atoms with Gasteiger partial charge in [-0.05, 0) is 31.2 Å². The highest BCUT2D eigenvalue weighted by Gasteiger charge is 2.19. The highest BCUT2D eigenvalue weighted by Crippen LogP contribution is 2.20. The van der Waals surface area contributed by atoms with Crippen LogP contribution in [0.3, 0.4) is 0 Å². The first-order chi connectivity index (χ1) is 12.2. The standard InChI is InChI=1S/C19H19N4O2/c1-13-11-23(15(12-24)10-18(13)25-2)19-20-16-6-5-14(9-17(16)21-19)22-7-3-4-8-22/h3-11,24H,12H2,1-2H3,(H,20,21)/q+1. The molecule has 0 atom stereocenters. The molecule has 6 heteroatoms. The zero-order valence-corrected chi connectivity index (χ0v) is 14.1. The van der Waals surface area contributed by atoms with Crippen LogP contribution < -0.4 is 9.30 Å². The number of fused-ring (bicyclic) bond motifs is 1. The molecule has 0 unspecified atom stereocenters. The lowest BCUT2D eigenvalue weighted by atomic mass is 10.2. The zero-order chi connectivity index (χ0) is 17.4. The van der Waals surface area contributed by atoms with Crippen LogP contribution in [0.5, 0.6) is 5.75 Å². The van der Waals surface area contributed by atoms with Gasteiger partial charge in [0.1, 0.15) is 17.0 Å². The number of nitrogens with one attached hydrogen (secondary N) is 1. The van der Waals surface area contributed by atoms with Gasteiger partial charge in [0, 0.05) is 35.8 Å². The van der Waals surface area contributed by atoms with Gasteiger partial charge in [-0.3, -0.25) is 0 Å². The molecule has 0 radical (unpaired) electrons. The summed E-state index contributed by atoms with van der Waals surface area (Å²) in [5, 5.41) is 9.71. The molecule has 4 rings (SSSR count). The summed E-state index contributed by atoms with van der Waals surface area (Å²) >= 11 is 0. The molecule has 25 heavy (non-hydrogen) atoms. The van der Waals surface area contributed by atoms with Crippen molar-refractivity contribution >= 4 is 11.0 Å². The summed E-state index contributed by atoms with van der Waals surface area (Å²) in [5.74, 6) is 1.40. The molecule has 126 valence electrons. The van der Waals surface area contributed by atoms with Crippen LogP contribution in [0.25, 0.3) is 22.7 Å². The third-order valence-corrected chi connectivity index (χ3v) is 4.28. The molecular formula is C19H19N4O2+. The molecule has 0 saturated heterocycles. The Bertz CT molecular complexity index is 1040. The highest BCUT2D eigenvalue weighted by atomic mass is 16.5. The Balaban J connectivity index is 1.83. The lowest BCUT2D eigenvalue weighted by molar-refractivity contribution is -0.614. The number of benzene rings is 1. The molecule has 0 fully saturated rings. The number of rotatable bonds is 4. The summed E-state index contributed by atoms with van der Waals surface area (Å²) in [6.45, 7) is 1.85. The molecule has 1 aromatic carbocycles. The van der Waals surface area contributed by atoms with Crippen LogP contribution in [0.4, 0.5) is 0 Å². The molecule has 0 aliphatic carbocycles. The first-order valence-corrected chi connectivity index (χ1v) is 8.03. The molecule has 2 N–H and O–H groups in total. The first kappa shape index (κ1) is 15.4. The largest absolute Gasteiger partial charge is 0.496 e. The average Bonchev–Trinajstić information content (AvgIpc) is 3.30. The van der Waals surface area contributed by atoms with E-state index in [-0.39, 0.29) is 6.61 Å². The maximum absolute atomic E-state index is 9.71. The van der Waals surface area contributed by atoms with Crippen molar-refractivity contribution < 1.29 is 14.4 Å². The normalized spacial score (nSPS) is 11.2. The molecule has 0 amide bonds. The Labute approximate surface area is 145 Å². The Morgan fingerprint density at radius 2 is 2.04 bits per heavy atom. The van der Waals surface area contributed by atoms with Crippen molar-refractivity contribution in [2.75, 3.05) is 7.11 Å². The quantitative estimate of drug-likeness (QED) is 0.563. The van der Waals surface area contributed by atoms with Gasteiger partial charge in [-0.25, -0.2) is 9.55 Å². The van der Waals surface area contributed by atoms with E-state index in [1.807, 2.05) is 65.0 Å². The Hall–Kier alpha value is -3.12. The number of aromatic amines is 1. The molecule has 3 aromatic heterocycles. The van der Waals surface area contributed by atoms with Crippen molar-refractivity contribution in [3.8, 4) is 17.4 Å². The summed E-state index contributed by atoms with van der Waals surface area (Å²) in [6, 6.07) is 11.9. The van der Waals surface area contributed by atoms with Crippen LogP contribution in [-0.2, 0) is 6.61 Å². The predicted molar refractivity (Wildman–Crippen MR) is 94.2 cm³/mol. The second-order valence-electron chi connectivity index (χ2n) is 5.90. The van der Waals surface area contributed by atoms with Gasteiger partial charge < -0.3 is 14.4 Å². The third kappa shape index (κ3) is 2.66. The number of ether oxygens (including phenoxy) is 1. The molecule has 3 heterocycles. The Morgan fingerprint density at radius 1 is 1.24 bits per heavy atom. The second kappa shape index (κ2) is 6.07. The highest BCUT2D eigenvalue weighted by molar-refractivity contribution is 5.78. The van der Waals surface area contributed by atoms with Crippen LogP contribution in [-0.4, -0.2) is 26.8 Å². The van der Waals surface area contributed by atoms with E-state index in [4.69, 9.17) is 4.74 Å². The fraction of sp³-hybridized carbons (Fsp3) is 0.158. The van der Waals surface area contributed by atoms with Crippen molar-refractivity contribution in [3.05, 3.63) is 66.2 Å². The van der Waals surface area contributed by atoms with Gasteiger partial charge in [-0.15, -0.1) is 0 Å². The summed E-state index contributed by atoms with van der Waals surface area (Å²) in [5.41, 5.74) is 4.54. The lowest BCUT2D eigenvalue weighted by Crippen LogP contribution is -2.37. The van der Waals surface area contributed by atoms with Gasteiger partial charge >= 0.3 is 5.95 Å². The van der Waals surface area contributed by atoms with Gasteiger partial charge in [0.15, 0.2) is 5.52 Å². The van der Waals surface area contributed by atoms with Crippen molar-refractivity contribution in [2.45, 2.75) is 13.5 Å². The number of aryl methyl sites for hydroxylation is 1. The molecule has 0 aliphatic heterocycles. The van der Waals surface area contributed by atoms with Crippen LogP contribution in [0, 0.1) is 6.92 Å². The number of aliphatic hydroxyl groups excluding tert-OH is 1. The van der Waals surface area contributed by atoms with Crippen molar-refractivity contribution in [1.82, 2.24) is 14.5 Å². The minimum absolute atomic E-state index is 0.109. The Morgan fingerprint density at radius 3 is 2.76 bits per heavy atom. The van der Waals surface area contributed by atoms with Crippen molar-refractivity contribution in [3.63, 3.8) is 0 Å². The van der Waals surface area contributed by atoms with Crippen LogP contribution in [0.2, 0.25) is 0 Å². The fourth-order valence-electron chi connectivity index (χ4n) is 2.98. The predicted octanol–water partition coefficient (Wildman–Crippen LogP) is 2.44. The van der Waals surface area contributed by atoms with E-state index in [0.717, 1.165) is 28.0 Å². The number of hydrogen-bond acceptors (Lipinski definition) is 3. The molecule has 0 bridgehead atoms. The maximum Gasteiger partial charge on any atom is 0.402 e. The van der Waals surface area contributed by atoms with Crippen LogP contribution in [0.1, 0.15) is 11.3 Å². The Kier molecular flexibility index (Phi) is 3.74. The van der Waals surface area contributed by atoms with E-state index >= 15 is 0 Å². The fourth-order valence-corrected chi connectivity index (χ4v) is 2.98. The number of aliphatic hydroxyl groups is 1. The first-order valence-electron chi connectivity index (χ1n) is 8.03. The number of imidazole rings is 1. The van der Waals surface area contributed by atoms with Gasteiger partial charge in [-0.2, -0.15) is 0 Å². The number of nitrogens with zero attached hydrogens (tertiary/aromatic N) is 3. The number of hydrogen-bond donors (Lipinski definition) is 2. The van der Waals surface area contributed by atoms with E-state index in [1.54, 1.807) is 7.11 Å². The smallest absolute Gasteiger partial charge is 0.402 e. The van der Waals surface area contributed by atoms with Gasteiger partial charge in [-0.1, -0.05) is 4.98 Å². The second-order valence-corrected chi connectivity index (χ2v) is 5.90. The summed E-state index contributed by atoms with van der Waals surface area (Å²) in [7, 11) is 1.62. The number of aromatic nitrogens is 4. The summed E-state index contributed by atoms with van der Waals surface area (Å²) < 4.78 is 9.24. The maximum atomic E-state index is 9.71. The van der Waals surface area contributed by atoms with E-state index in [0.29, 0.717) is 11.6 Å². The van der Waals surface area contributed by atoms with E-state index in [2.05, 4.69) is 16.0 Å².